The van der Waals surface area contributed by atoms with Crippen molar-refractivity contribution < 1.29 is 9.50 Å². The van der Waals surface area contributed by atoms with E-state index in [-0.39, 0.29) is 12.4 Å². The Labute approximate surface area is 127 Å². The SMILES string of the molecule is CC1CCN(Cc2ccc(C#CCCO)cc2F)C(C)C1. The van der Waals surface area contributed by atoms with Crippen LogP contribution in [0.4, 0.5) is 4.39 Å². The fourth-order valence-corrected chi connectivity index (χ4v) is 2.88. The second-order valence-electron chi connectivity index (χ2n) is 6.03. The van der Waals surface area contributed by atoms with Gasteiger partial charge in [0.1, 0.15) is 5.82 Å². The van der Waals surface area contributed by atoms with Crippen molar-refractivity contribution in [1.29, 1.82) is 0 Å². The Hall–Kier alpha value is -1.37. The number of rotatable bonds is 3. The van der Waals surface area contributed by atoms with Gasteiger partial charge in [0.25, 0.3) is 0 Å². The molecule has 2 unspecified atom stereocenters. The van der Waals surface area contributed by atoms with E-state index < -0.39 is 0 Å². The molecule has 2 rings (SSSR count). The lowest BCUT2D eigenvalue weighted by Crippen LogP contribution is -2.39. The van der Waals surface area contributed by atoms with Gasteiger partial charge in [0, 0.05) is 30.1 Å². The first-order valence-corrected chi connectivity index (χ1v) is 7.72. The second-order valence-corrected chi connectivity index (χ2v) is 6.03. The number of nitrogens with zero attached hydrogens (tertiary/aromatic N) is 1. The van der Waals surface area contributed by atoms with Crippen LogP contribution in [0.2, 0.25) is 0 Å². The molecule has 2 atom stereocenters. The topological polar surface area (TPSA) is 23.5 Å². The van der Waals surface area contributed by atoms with Crippen LogP contribution in [0.5, 0.6) is 0 Å². The van der Waals surface area contributed by atoms with Crippen LogP contribution < -0.4 is 0 Å². The summed E-state index contributed by atoms with van der Waals surface area (Å²) in [6.07, 6.45) is 2.80. The highest BCUT2D eigenvalue weighted by Gasteiger charge is 2.23. The molecule has 1 N–H and O–H groups in total. The molecule has 2 nitrogen and oxygen atoms in total. The van der Waals surface area contributed by atoms with Crippen LogP contribution in [-0.4, -0.2) is 29.2 Å². The summed E-state index contributed by atoms with van der Waals surface area (Å²) in [6, 6.07) is 5.71. The van der Waals surface area contributed by atoms with Gasteiger partial charge in [0.15, 0.2) is 0 Å². The van der Waals surface area contributed by atoms with Crippen LogP contribution in [0.3, 0.4) is 0 Å². The first-order chi connectivity index (χ1) is 10.1. The van der Waals surface area contributed by atoms with Crippen molar-refractivity contribution in [3.05, 3.63) is 35.1 Å². The molecular weight excluding hydrogens is 265 g/mol. The first-order valence-electron chi connectivity index (χ1n) is 7.72. The molecule has 1 saturated heterocycles. The number of aliphatic hydroxyl groups excluding tert-OH is 1. The van der Waals surface area contributed by atoms with Gasteiger partial charge in [-0.05, 0) is 44.4 Å². The van der Waals surface area contributed by atoms with Crippen molar-refractivity contribution in [3.63, 3.8) is 0 Å². The Balaban J connectivity index is 2.03. The Morgan fingerprint density at radius 1 is 1.38 bits per heavy atom. The molecule has 1 fully saturated rings. The lowest BCUT2D eigenvalue weighted by molar-refractivity contribution is 0.121. The van der Waals surface area contributed by atoms with Gasteiger partial charge in [0.2, 0.25) is 0 Å². The molecule has 0 saturated carbocycles. The predicted octanol–water partition coefficient (Wildman–Crippen LogP) is 3.18. The molecule has 0 amide bonds. The van der Waals surface area contributed by atoms with E-state index in [9.17, 15) is 4.39 Å². The minimum Gasteiger partial charge on any atom is -0.395 e. The molecule has 0 aliphatic carbocycles. The lowest BCUT2D eigenvalue weighted by Gasteiger charge is -2.36. The summed E-state index contributed by atoms with van der Waals surface area (Å²) in [5.41, 5.74) is 1.41. The number of halogens is 1. The summed E-state index contributed by atoms with van der Waals surface area (Å²) in [5.74, 6) is 6.27. The molecule has 21 heavy (non-hydrogen) atoms. The summed E-state index contributed by atoms with van der Waals surface area (Å²) in [7, 11) is 0. The average Bonchev–Trinajstić information content (AvgIpc) is 2.44. The van der Waals surface area contributed by atoms with E-state index >= 15 is 0 Å². The van der Waals surface area contributed by atoms with Gasteiger partial charge in [-0.25, -0.2) is 4.39 Å². The number of aliphatic hydroxyl groups is 1. The number of likely N-dealkylation sites (tertiary alicyclic amines) is 1. The van der Waals surface area contributed by atoms with E-state index in [0.717, 1.165) is 18.0 Å². The summed E-state index contributed by atoms with van der Waals surface area (Å²) in [5, 5.41) is 8.69. The molecule has 1 aromatic carbocycles. The lowest BCUT2D eigenvalue weighted by atomic mass is 9.93. The molecule has 1 heterocycles. The zero-order valence-electron chi connectivity index (χ0n) is 12.9. The molecule has 1 aliphatic heterocycles. The quantitative estimate of drug-likeness (QED) is 0.864. The summed E-state index contributed by atoms with van der Waals surface area (Å²) >= 11 is 0. The van der Waals surface area contributed by atoms with Crippen LogP contribution in [-0.2, 0) is 6.54 Å². The average molecular weight is 289 g/mol. The van der Waals surface area contributed by atoms with Crippen molar-refractivity contribution in [2.45, 2.75) is 45.7 Å². The molecule has 0 aromatic heterocycles. The van der Waals surface area contributed by atoms with E-state index in [1.54, 1.807) is 0 Å². The van der Waals surface area contributed by atoms with Gasteiger partial charge < -0.3 is 5.11 Å². The standard InChI is InChI=1S/C18H24FNO/c1-14-8-9-20(15(2)11-14)13-17-7-6-16(12-18(17)19)5-3-4-10-21/h6-7,12,14-15,21H,4,8-11,13H2,1-2H3. The smallest absolute Gasteiger partial charge is 0.128 e. The number of benzene rings is 1. The third-order valence-electron chi connectivity index (χ3n) is 4.17. The minimum atomic E-state index is -0.184. The molecule has 0 bridgehead atoms. The van der Waals surface area contributed by atoms with Gasteiger partial charge in [0.05, 0.1) is 6.61 Å². The Morgan fingerprint density at radius 2 is 2.19 bits per heavy atom. The van der Waals surface area contributed by atoms with Crippen LogP contribution in [0.1, 0.15) is 44.2 Å². The molecule has 0 spiro atoms. The van der Waals surface area contributed by atoms with Crippen LogP contribution in [0, 0.1) is 23.6 Å². The van der Waals surface area contributed by atoms with E-state index in [4.69, 9.17) is 5.11 Å². The molecule has 1 aromatic rings. The third-order valence-corrected chi connectivity index (χ3v) is 4.17. The largest absolute Gasteiger partial charge is 0.395 e. The van der Waals surface area contributed by atoms with Crippen molar-refractivity contribution in [1.82, 2.24) is 4.90 Å². The van der Waals surface area contributed by atoms with Crippen molar-refractivity contribution >= 4 is 0 Å². The van der Waals surface area contributed by atoms with Crippen molar-refractivity contribution in [2.24, 2.45) is 5.92 Å². The van der Waals surface area contributed by atoms with Gasteiger partial charge in [-0.2, -0.15) is 0 Å². The number of hydrogen-bond donors (Lipinski definition) is 1. The highest BCUT2D eigenvalue weighted by atomic mass is 19.1. The maximum Gasteiger partial charge on any atom is 0.128 e. The van der Waals surface area contributed by atoms with E-state index in [0.29, 0.717) is 24.6 Å². The molecule has 1 aliphatic rings. The van der Waals surface area contributed by atoms with E-state index in [1.165, 1.54) is 18.9 Å². The number of piperidine rings is 1. The highest BCUT2D eigenvalue weighted by molar-refractivity contribution is 5.37. The Kier molecular flexibility index (Phi) is 5.78. The van der Waals surface area contributed by atoms with Crippen molar-refractivity contribution in [3.8, 4) is 11.8 Å². The van der Waals surface area contributed by atoms with E-state index in [2.05, 4.69) is 30.6 Å². The predicted molar refractivity (Wildman–Crippen MR) is 83.3 cm³/mol. The van der Waals surface area contributed by atoms with Gasteiger partial charge in [-0.1, -0.05) is 24.8 Å². The second kappa shape index (κ2) is 7.59. The molecule has 0 radical (unpaired) electrons. The van der Waals surface area contributed by atoms with Gasteiger partial charge in [-0.15, -0.1) is 0 Å². The number of hydrogen-bond acceptors (Lipinski definition) is 2. The molecule has 114 valence electrons. The zero-order chi connectivity index (χ0) is 15.2. The van der Waals surface area contributed by atoms with Crippen LogP contribution >= 0.6 is 0 Å². The van der Waals surface area contributed by atoms with E-state index in [1.807, 2.05) is 12.1 Å². The fourth-order valence-electron chi connectivity index (χ4n) is 2.88. The third kappa shape index (κ3) is 4.56. The molecule has 3 heteroatoms. The molecular formula is C18H24FNO. The van der Waals surface area contributed by atoms with Crippen LogP contribution in [0.25, 0.3) is 0 Å². The summed E-state index contributed by atoms with van der Waals surface area (Å²) in [6.45, 7) is 6.26. The fraction of sp³-hybridized carbons (Fsp3) is 0.556. The Morgan fingerprint density at radius 3 is 2.86 bits per heavy atom. The minimum absolute atomic E-state index is 0.0405. The monoisotopic (exact) mass is 289 g/mol. The summed E-state index contributed by atoms with van der Waals surface area (Å²) < 4.78 is 14.2. The Bertz CT molecular complexity index is 532. The van der Waals surface area contributed by atoms with Crippen molar-refractivity contribution in [2.75, 3.05) is 13.2 Å². The summed E-state index contributed by atoms with van der Waals surface area (Å²) in [4.78, 5) is 2.36. The highest BCUT2D eigenvalue weighted by Crippen LogP contribution is 2.24. The maximum absolute atomic E-state index is 14.2. The first kappa shape index (κ1) is 16.0. The van der Waals surface area contributed by atoms with Crippen LogP contribution in [0.15, 0.2) is 18.2 Å². The van der Waals surface area contributed by atoms with Gasteiger partial charge >= 0.3 is 0 Å². The zero-order valence-corrected chi connectivity index (χ0v) is 12.9. The maximum atomic E-state index is 14.2. The normalized spacial score (nSPS) is 22.7. The van der Waals surface area contributed by atoms with Gasteiger partial charge in [-0.3, -0.25) is 4.90 Å².